The first-order valence-corrected chi connectivity index (χ1v) is 7.75. The summed E-state index contributed by atoms with van der Waals surface area (Å²) >= 11 is 11.8. The molecule has 1 aliphatic heterocycles. The van der Waals surface area contributed by atoms with Crippen LogP contribution in [0.3, 0.4) is 0 Å². The summed E-state index contributed by atoms with van der Waals surface area (Å²) in [7, 11) is 0. The first-order chi connectivity index (χ1) is 10.1. The molecule has 1 aromatic heterocycles. The van der Waals surface area contributed by atoms with E-state index in [9.17, 15) is 4.79 Å². The van der Waals surface area contributed by atoms with E-state index in [1.54, 1.807) is 0 Å². The minimum Gasteiger partial charge on any atom is -0.368 e. The maximum absolute atomic E-state index is 12.0. The van der Waals surface area contributed by atoms with Gasteiger partial charge in [0.25, 0.3) is 0 Å². The van der Waals surface area contributed by atoms with Crippen molar-refractivity contribution in [1.82, 2.24) is 14.9 Å². The molecule has 0 amide bonds. The molecule has 1 saturated heterocycles. The number of nitrogens with two attached hydrogens (primary N) is 1. The van der Waals surface area contributed by atoms with Gasteiger partial charge in [-0.2, -0.15) is 0 Å². The first kappa shape index (κ1) is 16.2. The number of unbranched alkanes of at least 4 members (excludes halogenated alkanes) is 1. The Bertz CT molecular complexity index is 519. The number of rotatable bonds is 6. The summed E-state index contributed by atoms with van der Waals surface area (Å²) in [5.41, 5.74) is 5.50. The van der Waals surface area contributed by atoms with Crippen LogP contribution in [0.4, 0.5) is 5.95 Å². The van der Waals surface area contributed by atoms with Crippen LogP contribution in [0, 0.1) is 0 Å². The van der Waals surface area contributed by atoms with Crippen molar-refractivity contribution in [2.45, 2.75) is 25.7 Å². The topological polar surface area (TPSA) is 72.1 Å². The number of ketones is 1. The van der Waals surface area contributed by atoms with Crippen molar-refractivity contribution < 1.29 is 4.79 Å². The molecule has 114 valence electrons. The molecule has 1 aromatic rings. The number of nitrogens with zero attached hydrogens (tertiary/aromatic N) is 3. The van der Waals surface area contributed by atoms with E-state index >= 15 is 0 Å². The Hall–Kier alpha value is -1.17. The van der Waals surface area contributed by atoms with Crippen molar-refractivity contribution in [3.8, 4) is 0 Å². The molecule has 0 bridgehead atoms. The lowest BCUT2D eigenvalue weighted by Gasteiger charge is -2.12. The highest BCUT2D eigenvalue weighted by Gasteiger charge is 2.16. The SMILES string of the molecule is Nc1nc(Cl)c(C(=O)/C=C/CCCN2CCCC2)c(Cl)n1. The fourth-order valence-electron chi connectivity index (χ4n) is 2.34. The third kappa shape index (κ3) is 4.66. The molecule has 1 aliphatic rings. The molecule has 0 radical (unpaired) electrons. The lowest BCUT2D eigenvalue weighted by molar-refractivity contribution is 0.104. The Morgan fingerprint density at radius 3 is 2.48 bits per heavy atom. The predicted octanol–water partition coefficient (Wildman–Crippen LogP) is 2.98. The van der Waals surface area contributed by atoms with E-state index in [2.05, 4.69) is 14.9 Å². The quantitative estimate of drug-likeness (QED) is 0.376. The van der Waals surface area contributed by atoms with Gasteiger partial charge < -0.3 is 10.6 Å². The van der Waals surface area contributed by atoms with E-state index in [0.717, 1.165) is 19.4 Å². The Kier molecular flexibility index (Phi) is 5.96. The Labute approximate surface area is 134 Å². The molecular formula is C14H18Cl2N4O. The van der Waals surface area contributed by atoms with Gasteiger partial charge in [0.05, 0.1) is 5.56 Å². The van der Waals surface area contributed by atoms with E-state index in [4.69, 9.17) is 28.9 Å². The minimum absolute atomic E-state index is 0.0146. The zero-order valence-corrected chi connectivity index (χ0v) is 13.2. The number of hydrogen-bond acceptors (Lipinski definition) is 5. The van der Waals surface area contributed by atoms with Crippen LogP contribution in [0.15, 0.2) is 12.2 Å². The van der Waals surface area contributed by atoms with Crippen molar-refractivity contribution in [2.75, 3.05) is 25.4 Å². The summed E-state index contributed by atoms with van der Waals surface area (Å²) < 4.78 is 0. The van der Waals surface area contributed by atoms with E-state index in [1.165, 1.54) is 32.0 Å². The van der Waals surface area contributed by atoms with E-state index in [1.807, 2.05) is 6.08 Å². The number of aromatic nitrogens is 2. The number of nitrogen functional groups attached to an aromatic ring is 1. The van der Waals surface area contributed by atoms with Crippen LogP contribution >= 0.6 is 23.2 Å². The summed E-state index contributed by atoms with van der Waals surface area (Å²) in [4.78, 5) is 21.9. The monoisotopic (exact) mass is 328 g/mol. The van der Waals surface area contributed by atoms with Crippen molar-refractivity contribution in [3.63, 3.8) is 0 Å². The van der Waals surface area contributed by atoms with Crippen molar-refractivity contribution in [3.05, 3.63) is 28.0 Å². The molecule has 0 saturated carbocycles. The summed E-state index contributed by atoms with van der Waals surface area (Å²) in [6.07, 6.45) is 7.76. The maximum Gasteiger partial charge on any atom is 0.222 e. The largest absolute Gasteiger partial charge is 0.368 e. The van der Waals surface area contributed by atoms with Gasteiger partial charge in [-0.05, 0) is 51.4 Å². The zero-order chi connectivity index (χ0) is 15.2. The molecule has 0 unspecified atom stereocenters. The maximum atomic E-state index is 12.0. The first-order valence-electron chi connectivity index (χ1n) is 6.99. The highest BCUT2D eigenvalue weighted by Crippen LogP contribution is 2.22. The van der Waals surface area contributed by atoms with Gasteiger partial charge in [-0.15, -0.1) is 0 Å². The number of anilines is 1. The molecule has 1 fully saturated rings. The molecule has 5 nitrogen and oxygen atoms in total. The van der Waals surface area contributed by atoms with Gasteiger partial charge in [-0.1, -0.05) is 29.3 Å². The fraction of sp³-hybridized carbons (Fsp3) is 0.500. The van der Waals surface area contributed by atoms with Crippen molar-refractivity contribution in [1.29, 1.82) is 0 Å². The van der Waals surface area contributed by atoms with Gasteiger partial charge in [-0.25, -0.2) is 9.97 Å². The minimum atomic E-state index is -0.300. The molecule has 21 heavy (non-hydrogen) atoms. The second kappa shape index (κ2) is 7.73. The van der Waals surface area contributed by atoms with Crippen LogP contribution in [0.2, 0.25) is 10.3 Å². The average molecular weight is 329 g/mol. The van der Waals surface area contributed by atoms with Crippen LogP contribution in [-0.4, -0.2) is 40.3 Å². The van der Waals surface area contributed by atoms with Crippen LogP contribution in [0.1, 0.15) is 36.0 Å². The molecule has 0 atom stereocenters. The van der Waals surface area contributed by atoms with Crippen LogP contribution in [-0.2, 0) is 0 Å². The molecule has 2 N–H and O–H groups in total. The third-order valence-electron chi connectivity index (χ3n) is 3.40. The number of likely N-dealkylation sites (tertiary alicyclic amines) is 1. The summed E-state index contributed by atoms with van der Waals surface area (Å²) in [5, 5.41) is -0.0292. The fourth-order valence-corrected chi connectivity index (χ4v) is 2.93. The molecular weight excluding hydrogens is 311 g/mol. The summed E-state index contributed by atoms with van der Waals surface area (Å²) in [6.45, 7) is 3.46. The second-order valence-corrected chi connectivity index (χ2v) is 5.71. The van der Waals surface area contributed by atoms with Gasteiger partial charge >= 0.3 is 0 Å². The number of allylic oxidation sites excluding steroid dienone is 2. The smallest absolute Gasteiger partial charge is 0.222 e. The Morgan fingerprint density at radius 2 is 1.86 bits per heavy atom. The average Bonchev–Trinajstić information content (AvgIpc) is 2.90. The standard InChI is InChI=1S/C14H18Cl2N4O/c15-12-11(13(16)19-14(17)18-12)10(21)6-2-1-3-7-20-8-4-5-9-20/h2,6H,1,3-5,7-9H2,(H2,17,18,19)/b6-2+. The van der Waals surface area contributed by atoms with E-state index in [-0.39, 0.29) is 27.6 Å². The van der Waals surface area contributed by atoms with Crippen LogP contribution in [0.25, 0.3) is 0 Å². The van der Waals surface area contributed by atoms with Crippen LogP contribution < -0.4 is 5.73 Å². The van der Waals surface area contributed by atoms with Gasteiger partial charge in [0.2, 0.25) is 5.95 Å². The van der Waals surface area contributed by atoms with Gasteiger partial charge in [0, 0.05) is 0 Å². The van der Waals surface area contributed by atoms with E-state index in [0.29, 0.717) is 0 Å². The molecule has 2 rings (SSSR count). The lowest BCUT2D eigenvalue weighted by Crippen LogP contribution is -2.20. The van der Waals surface area contributed by atoms with Crippen molar-refractivity contribution >= 4 is 34.9 Å². The number of carbonyl (C=O) groups excluding carboxylic acids is 1. The normalized spacial score (nSPS) is 15.9. The van der Waals surface area contributed by atoms with Gasteiger partial charge in [0.15, 0.2) is 5.78 Å². The highest BCUT2D eigenvalue weighted by atomic mass is 35.5. The second-order valence-electron chi connectivity index (χ2n) is 5.00. The number of halogens is 2. The predicted molar refractivity (Wildman–Crippen MR) is 84.8 cm³/mol. The molecule has 7 heteroatoms. The molecule has 2 heterocycles. The summed E-state index contributed by atoms with van der Waals surface area (Å²) in [6, 6.07) is 0. The number of carbonyl (C=O) groups is 1. The Balaban J connectivity index is 1.84. The zero-order valence-electron chi connectivity index (χ0n) is 11.7. The third-order valence-corrected chi connectivity index (χ3v) is 3.94. The molecule has 0 spiro atoms. The highest BCUT2D eigenvalue weighted by molar-refractivity contribution is 6.39. The number of hydrogen-bond donors (Lipinski definition) is 1. The summed E-state index contributed by atoms with van der Waals surface area (Å²) in [5.74, 6) is -0.345. The Morgan fingerprint density at radius 1 is 1.24 bits per heavy atom. The van der Waals surface area contributed by atoms with Gasteiger partial charge in [-0.3, -0.25) is 4.79 Å². The molecule has 0 aromatic carbocycles. The van der Waals surface area contributed by atoms with Crippen LogP contribution in [0.5, 0.6) is 0 Å². The van der Waals surface area contributed by atoms with E-state index < -0.39 is 0 Å². The molecule has 0 aliphatic carbocycles. The van der Waals surface area contributed by atoms with Crippen molar-refractivity contribution in [2.24, 2.45) is 0 Å². The van der Waals surface area contributed by atoms with Gasteiger partial charge in [0.1, 0.15) is 10.3 Å². The lowest BCUT2D eigenvalue weighted by atomic mass is 10.2.